The van der Waals surface area contributed by atoms with E-state index in [0.717, 1.165) is 11.9 Å². The van der Waals surface area contributed by atoms with Gasteiger partial charge in [-0.1, -0.05) is 0 Å². The van der Waals surface area contributed by atoms with Crippen LogP contribution in [0.15, 0.2) is 18.7 Å². The van der Waals surface area contributed by atoms with Crippen LogP contribution in [-0.4, -0.2) is 27.0 Å². The van der Waals surface area contributed by atoms with Crippen molar-refractivity contribution in [1.82, 2.24) is 19.9 Å². The Morgan fingerprint density at radius 2 is 2.31 bits per heavy atom. The van der Waals surface area contributed by atoms with E-state index in [0.29, 0.717) is 6.54 Å². The molecule has 1 N–H and O–H groups in total. The van der Waals surface area contributed by atoms with Gasteiger partial charge in [-0.3, -0.25) is 0 Å². The molecule has 0 amide bonds. The molecular weight excluding hydrogens is 233 g/mol. The number of hydrogen-bond acceptors (Lipinski definition) is 4. The Hall–Kier alpha value is -1.69. The molecule has 0 saturated carbocycles. The first-order valence-electron chi connectivity index (χ1n) is 4.53. The first-order valence-corrected chi connectivity index (χ1v) is 4.91. The molecule has 84 valence electrons. The van der Waals surface area contributed by atoms with Gasteiger partial charge in [0.2, 0.25) is 5.28 Å². The van der Waals surface area contributed by atoms with E-state index in [-0.39, 0.29) is 11.1 Å². The van der Waals surface area contributed by atoms with Crippen LogP contribution >= 0.6 is 11.6 Å². The van der Waals surface area contributed by atoms with Crippen LogP contribution in [0.3, 0.4) is 0 Å². The molecule has 0 aliphatic rings. The quantitative estimate of drug-likeness (QED) is 0.830. The van der Waals surface area contributed by atoms with Crippen LogP contribution in [0.5, 0.6) is 0 Å². The van der Waals surface area contributed by atoms with Crippen LogP contribution in [0, 0.1) is 5.82 Å². The van der Waals surface area contributed by atoms with E-state index in [9.17, 15) is 4.39 Å². The van der Waals surface area contributed by atoms with Crippen LogP contribution in [0.1, 0.15) is 5.69 Å². The molecule has 0 aromatic carbocycles. The average Bonchev–Trinajstić information content (AvgIpc) is 2.74. The Bertz CT molecular complexity index is 473. The molecule has 0 saturated heterocycles. The molecule has 0 atom stereocenters. The fourth-order valence-corrected chi connectivity index (χ4v) is 1.44. The lowest BCUT2D eigenvalue weighted by Crippen LogP contribution is -2.19. The molecule has 2 rings (SSSR count). The third-order valence-corrected chi connectivity index (χ3v) is 2.20. The predicted octanol–water partition coefficient (Wildman–Crippen LogP) is 1.63. The van der Waals surface area contributed by atoms with Gasteiger partial charge in [-0.15, -0.1) is 0 Å². The number of imidazole rings is 1. The van der Waals surface area contributed by atoms with Gasteiger partial charge in [0.05, 0.1) is 24.8 Å². The molecule has 0 unspecified atom stereocenters. The van der Waals surface area contributed by atoms with E-state index in [1.54, 1.807) is 24.5 Å². The van der Waals surface area contributed by atoms with E-state index >= 15 is 0 Å². The number of H-pyrrole nitrogens is 1. The van der Waals surface area contributed by atoms with Gasteiger partial charge in [-0.2, -0.15) is 4.98 Å². The number of nitrogens with zero attached hydrogens (tertiary/aromatic N) is 4. The largest absolute Gasteiger partial charge is 0.351 e. The summed E-state index contributed by atoms with van der Waals surface area (Å²) < 4.78 is 13.4. The Balaban J connectivity index is 2.20. The molecule has 16 heavy (non-hydrogen) atoms. The zero-order valence-corrected chi connectivity index (χ0v) is 9.24. The van der Waals surface area contributed by atoms with E-state index in [4.69, 9.17) is 11.6 Å². The third kappa shape index (κ3) is 2.27. The average molecular weight is 242 g/mol. The summed E-state index contributed by atoms with van der Waals surface area (Å²) in [5, 5.41) is 0.0212. The smallest absolute Gasteiger partial charge is 0.224 e. The molecule has 5 nitrogen and oxygen atoms in total. The molecule has 2 heterocycles. The van der Waals surface area contributed by atoms with Crippen molar-refractivity contribution in [3.05, 3.63) is 35.5 Å². The van der Waals surface area contributed by atoms with Gasteiger partial charge in [0, 0.05) is 13.2 Å². The number of aromatic amines is 1. The monoisotopic (exact) mass is 241 g/mol. The van der Waals surface area contributed by atoms with Crippen molar-refractivity contribution in [2.45, 2.75) is 6.54 Å². The summed E-state index contributed by atoms with van der Waals surface area (Å²) in [5.74, 6) is -0.346. The van der Waals surface area contributed by atoms with Crippen molar-refractivity contribution < 1.29 is 4.39 Å². The molecule has 0 fully saturated rings. The Morgan fingerprint density at radius 3 is 3.00 bits per heavy atom. The van der Waals surface area contributed by atoms with Crippen LogP contribution in [-0.2, 0) is 6.54 Å². The summed E-state index contributed by atoms with van der Waals surface area (Å²) in [6.45, 7) is 0.463. The van der Waals surface area contributed by atoms with Gasteiger partial charge < -0.3 is 9.88 Å². The summed E-state index contributed by atoms with van der Waals surface area (Å²) in [5.41, 5.74) is 0.858. The highest BCUT2D eigenvalue weighted by molar-refractivity contribution is 6.28. The highest BCUT2D eigenvalue weighted by atomic mass is 35.5. The third-order valence-electron chi connectivity index (χ3n) is 2.02. The van der Waals surface area contributed by atoms with Crippen molar-refractivity contribution in [3.63, 3.8) is 0 Å². The minimum Gasteiger partial charge on any atom is -0.351 e. The van der Waals surface area contributed by atoms with Crippen LogP contribution < -0.4 is 4.90 Å². The SMILES string of the molecule is CN(Cc1cnc[nH]1)c1nc(Cl)ncc1F. The van der Waals surface area contributed by atoms with Gasteiger partial charge in [0.25, 0.3) is 0 Å². The van der Waals surface area contributed by atoms with Crippen molar-refractivity contribution in [2.24, 2.45) is 0 Å². The summed E-state index contributed by atoms with van der Waals surface area (Å²) in [6, 6.07) is 0. The normalized spacial score (nSPS) is 10.4. The van der Waals surface area contributed by atoms with Crippen molar-refractivity contribution in [2.75, 3.05) is 11.9 Å². The second-order valence-electron chi connectivity index (χ2n) is 3.24. The lowest BCUT2D eigenvalue weighted by Gasteiger charge is -2.17. The summed E-state index contributed by atoms with van der Waals surface area (Å²) in [7, 11) is 1.71. The standard InChI is InChI=1S/C9H9ClFN5/c1-16(4-6-2-12-5-14-6)8-7(11)3-13-9(10)15-8/h2-3,5H,4H2,1H3,(H,12,14). The van der Waals surface area contributed by atoms with E-state index in [2.05, 4.69) is 19.9 Å². The lowest BCUT2D eigenvalue weighted by molar-refractivity contribution is 0.606. The molecule has 0 aliphatic heterocycles. The minimum absolute atomic E-state index is 0.0212. The predicted molar refractivity (Wildman–Crippen MR) is 57.7 cm³/mol. The molecule has 7 heteroatoms. The number of halogens is 2. The topological polar surface area (TPSA) is 57.7 Å². The zero-order valence-electron chi connectivity index (χ0n) is 8.48. The van der Waals surface area contributed by atoms with Crippen LogP contribution in [0.25, 0.3) is 0 Å². The summed E-state index contributed by atoms with van der Waals surface area (Å²) in [6.07, 6.45) is 4.28. The van der Waals surface area contributed by atoms with Crippen molar-refractivity contribution >= 4 is 17.4 Å². The summed E-state index contributed by atoms with van der Waals surface area (Å²) >= 11 is 5.61. The fourth-order valence-electron chi connectivity index (χ4n) is 1.31. The number of nitrogens with one attached hydrogen (secondary N) is 1. The molecule has 0 spiro atoms. The van der Waals surface area contributed by atoms with E-state index < -0.39 is 5.82 Å². The van der Waals surface area contributed by atoms with E-state index in [1.807, 2.05) is 0 Å². The number of rotatable bonds is 3. The Labute approximate surface area is 96.3 Å². The van der Waals surface area contributed by atoms with Gasteiger partial charge in [-0.25, -0.2) is 14.4 Å². The molecule has 2 aromatic heterocycles. The maximum Gasteiger partial charge on any atom is 0.224 e. The number of hydrogen-bond donors (Lipinski definition) is 1. The second-order valence-corrected chi connectivity index (χ2v) is 3.58. The highest BCUT2D eigenvalue weighted by Gasteiger charge is 2.11. The first kappa shape index (κ1) is 10.8. The maximum atomic E-state index is 13.4. The minimum atomic E-state index is -0.508. The molecule has 2 aromatic rings. The van der Waals surface area contributed by atoms with Gasteiger partial charge >= 0.3 is 0 Å². The lowest BCUT2D eigenvalue weighted by atomic mass is 10.4. The number of anilines is 1. The zero-order chi connectivity index (χ0) is 11.5. The second kappa shape index (κ2) is 4.44. The van der Waals surface area contributed by atoms with Gasteiger partial charge in [0.15, 0.2) is 11.6 Å². The van der Waals surface area contributed by atoms with Crippen molar-refractivity contribution in [3.8, 4) is 0 Å². The molecular formula is C9H9ClFN5. The Kier molecular flexibility index (Phi) is 3.00. The van der Waals surface area contributed by atoms with Crippen LogP contribution in [0.2, 0.25) is 5.28 Å². The van der Waals surface area contributed by atoms with Gasteiger partial charge in [-0.05, 0) is 11.6 Å². The molecule has 0 aliphatic carbocycles. The van der Waals surface area contributed by atoms with E-state index in [1.165, 1.54) is 0 Å². The molecule has 0 bridgehead atoms. The summed E-state index contributed by atoms with van der Waals surface area (Å²) in [4.78, 5) is 15.8. The maximum absolute atomic E-state index is 13.4. The first-order chi connectivity index (χ1) is 7.66. The Morgan fingerprint density at radius 1 is 1.50 bits per heavy atom. The number of aromatic nitrogens is 4. The van der Waals surface area contributed by atoms with Crippen molar-refractivity contribution in [1.29, 1.82) is 0 Å². The highest BCUT2D eigenvalue weighted by Crippen LogP contribution is 2.17. The molecule has 0 radical (unpaired) electrons. The fraction of sp³-hybridized carbons (Fsp3) is 0.222. The van der Waals surface area contributed by atoms with Crippen LogP contribution in [0.4, 0.5) is 10.2 Å². The van der Waals surface area contributed by atoms with Gasteiger partial charge in [0.1, 0.15) is 0 Å².